The van der Waals surface area contributed by atoms with Gasteiger partial charge in [-0.05, 0) is 18.6 Å². The van der Waals surface area contributed by atoms with E-state index in [4.69, 9.17) is 0 Å². The zero-order valence-corrected chi connectivity index (χ0v) is 12.0. The summed E-state index contributed by atoms with van der Waals surface area (Å²) >= 11 is 0. The van der Waals surface area contributed by atoms with E-state index < -0.39 is 0 Å². The first-order valence-corrected chi connectivity index (χ1v) is 6.95. The fourth-order valence-corrected chi connectivity index (χ4v) is 2.45. The molecule has 0 saturated heterocycles. The normalized spacial score (nSPS) is 23.4. The summed E-state index contributed by atoms with van der Waals surface area (Å²) in [6, 6.07) is 9.45. The van der Waals surface area contributed by atoms with E-state index in [1.165, 1.54) is 0 Å². The van der Waals surface area contributed by atoms with Gasteiger partial charge >= 0.3 is 0 Å². The van der Waals surface area contributed by atoms with Gasteiger partial charge in [-0.15, -0.1) is 5.10 Å². The summed E-state index contributed by atoms with van der Waals surface area (Å²) in [6.45, 7) is 3.87. The lowest BCUT2D eigenvalue weighted by Crippen LogP contribution is -2.61. The number of aliphatic hydroxyl groups is 1. The predicted octanol–water partition coefficient (Wildman–Crippen LogP) is 1.16. The molecule has 1 aromatic heterocycles. The molecule has 2 N–H and O–H groups in total. The van der Waals surface area contributed by atoms with Crippen molar-refractivity contribution < 1.29 is 9.90 Å². The number of hydrogen-bond donors (Lipinski definition) is 2. The molecule has 1 aliphatic carbocycles. The van der Waals surface area contributed by atoms with E-state index in [0.717, 1.165) is 5.69 Å². The van der Waals surface area contributed by atoms with E-state index in [1.54, 1.807) is 10.9 Å². The third-order valence-electron chi connectivity index (χ3n) is 4.27. The highest BCUT2D eigenvalue weighted by molar-refractivity contribution is 5.92. The van der Waals surface area contributed by atoms with E-state index in [1.807, 2.05) is 44.2 Å². The second-order valence-corrected chi connectivity index (χ2v) is 5.98. The van der Waals surface area contributed by atoms with Gasteiger partial charge in [-0.25, -0.2) is 4.68 Å². The van der Waals surface area contributed by atoms with Gasteiger partial charge in [0.2, 0.25) is 0 Å². The number of para-hydroxylation sites is 1. The zero-order chi connectivity index (χ0) is 15.0. The number of nitrogens with one attached hydrogen (secondary N) is 1. The van der Waals surface area contributed by atoms with Gasteiger partial charge in [-0.1, -0.05) is 37.3 Å². The Labute approximate surface area is 122 Å². The van der Waals surface area contributed by atoms with Crippen LogP contribution in [0, 0.1) is 5.41 Å². The van der Waals surface area contributed by atoms with E-state index in [0.29, 0.717) is 6.42 Å². The lowest BCUT2D eigenvalue weighted by atomic mass is 9.64. The van der Waals surface area contributed by atoms with Crippen LogP contribution in [0.25, 0.3) is 5.69 Å². The van der Waals surface area contributed by atoms with Gasteiger partial charge in [0.15, 0.2) is 5.69 Å². The van der Waals surface area contributed by atoms with Gasteiger partial charge in [0.25, 0.3) is 5.91 Å². The molecule has 2 atom stereocenters. The Bertz CT molecular complexity index is 651. The topological polar surface area (TPSA) is 80.0 Å². The van der Waals surface area contributed by atoms with E-state index in [-0.39, 0.29) is 29.2 Å². The Kier molecular flexibility index (Phi) is 3.25. The maximum atomic E-state index is 12.2. The van der Waals surface area contributed by atoms with Gasteiger partial charge in [-0.2, -0.15) is 0 Å². The summed E-state index contributed by atoms with van der Waals surface area (Å²) in [5.74, 6) is -0.262. The third kappa shape index (κ3) is 2.42. The number of rotatable bonds is 3. The number of carbonyl (C=O) groups is 1. The van der Waals surface area contributed by atoms with Crippen LogP contribution in [0.4, 0.5) is 0 Å². The summed E-state index contributed by atoms with van der Waals surface area (Å²) in [5, 5.41) is 20.5. The van der Waals surface area contributed by atoms with Crippen LogP contribution in [0.5, 0.6) is 0 Å². The third-order valence-corrected chi connectivity index (χ3v) is 4.27. The lowest BCUT2D eigenvalue weighted by molar-refractivity contribution is -0.0690. The predicted molar refractivity (Wildman–Crippen MR) is 77.0 cm³/mol. The smallest absolute Gasteiger partial charge is 0.273 e. The lowest BCUT2D eigenvalue weighted by Gasteiger charge is -2.49. The van der Waals surface area contributed by atoms with Crippen molar-refractivity contribution in [2.75, 3.05) is 0 Å². The van der Waals surface area contributed by atoms with E-state index >= 15 is 0 Å². The highest BCUT2D eigenvalue weighted by atomic mass is 16.3. The Balaban J connectivity index is 1.71. The first-order valence-electron chi connectivity index (χ1n) is 6.95. The van der Waals surface area contributed by atoms with Gasteiger partial charge in [0, 0.05) is 11.5 Å². The zero-order valence-electron chi connectivity index (χ0n) is 12.0. The highest BCUT2D eigenvalue weighted by Gasteiger charge is 2.48. The molecule has 21 heavy (non-hydrogen) atoms. The molecular formula is C15H18N4O2. The second kappa shape index (κ2) is 4.96. The summed E-state index contributed by atoms with van der Waals surface area (Å²) in [4.78, 5) is 12.2. The molecule has 6 heteroatoms. The summed E-state index contributed by atoms with van der Waals surface area (Å²) < 4.78 is 1.57. The minimum absolute atomic E-state index is 0.0399. The molecule has 0 spiro atoms. The minimum Gasteiger partial charge on any atom is -0.392 e. The standard InChI is InChI=1S/C15H18N4O2/c1-15(2)12(8-13(15)20)16-14(21)11-9-19(18-17-11)10-6-4-3-5-7-10/h3-7,9,12-13,20H,8H2,1-2H3,(H,16,21). The summed E-state index contributed by atoms with van der Waals surface area (Å²) in [5.41, 5.74) is 0.824. The van der Waals surface area contributed by atoms with Crippen molar-refractivity contribution >= 4 is 5.91 Å². The Hall–Kier alpha value is -2.21. The molecule has 0 radical (unpaired) electrons. The number of aromatic nitrogens is 3. The Morgan fingerprint density at radius 2 is 2.10 bits per heavy atom. The molecule has 1 aliphatic rings. The van der Waals surface area contributed by atoms with Crippen LogP contribution in [0.2, 0.25) is 0 Å². The number of aliphatic hydroxyl groups excluding tert-OH is 1. The molecule has 1 amide bonds. The summed E-state index contributed by atoms with van der Waals surface area (Å²) in [6.07, 6.45) is 1.81. The van der Waals surface area contributed by atoms with Crippen molar-refractivity contribution in [2.24, 2.45) is 5.41 Å². The SMILES string of the molecule is CC1(C)C(O)CC1NC(=O)c1cn(-c2ccccc2)nn1. The number of amides is 1. The number of benzene rings is 1. The molecule has 1 heterocycles. The van der Waals surface area contributed by atoms with Crippen molar-refractivity contribution in [3.8, 4) is 5.69 Å². The van der Waals surface area contributed by atoms with E-state index in [2.05, 4.69) is 15.6 Å². The largest absolute Gasteiger partial charge is 0.392 e. The van der Waals surface area contributed by atoms with Gasteiger partial charge in [-0.3, -0.25) is 4.79 Å². The molecule has 3 rings (SSSR count). The van der Waals surface area contributed by atoms with Crippen LogP contribution in [0.15, 0.2) is 36.5 Å². The quantitative estimate of drug-likeness (QED) is 0.887. The van der Waals surface area contributed by atoms with E-state index in [9.17, 15) is 9.90 Å². The maximum Gasteiger partial charge on any atom is 0.273 e. The van der Waals surface area contributed by atoms with Crippen LogP contribution in [0.3, 0.4) is 0 Å². The van der Waals surface area contributed by atoms with Gasteiger partial charge in [0.05, 0.1) is 18.0 Å². The van der Waals surface area contributed by atoms with Crippen LogP contribution >= 0.6 is 0 Å². The van der Waals surface area contributed by atoms with Crippen LogP contribution in [0.1, 0.15) is 30.8 Å². The fourth-order valence-electron chi connectivity index (χ4n) is 2.45. The Morgan fingerprint density at radius 1 is 1.38 bits per heavy atom. The van der Waals surface area contributed by atoms with Crippen molar-refractivity contribution in [3.63, 3.8) is 0 Å². The first-order chi connectivity index (χ1) is 9.98. The van der Waals surface area contributed by atoms with Gasteiger partial charge < -0.3 is 10.4 Å². The molecule has 0 bridgehead atoms. The minimum atomic E-state index is -0.372. The van der Waals surface area contributed by atoms with Crippen molar-refractivity contribution in [2.45, 2.75) is 32.4 Å². The molecule has 2 unspecified atom stereocenters. The number of carbonyl (C=O) groups excluding carboxylic acids is 1. The molecule has 1 saturated carbocycles. The van der Waals surface area contributed by atoms with Crippen molar-refractivity contribution in [1.82, 2.24) is 20.3 Å². The van der Waals surface area contributed by atoms with Crippen LogP contribution < -0.4 is 5.32 Å². The highest BCUT2D eigenvalue weighted by Crippen LogP contribution is 2.40. The molecule has 1 fully saturated rings. The summed E-state index contributed by atoms with van der Waals surface area (Å²) in [7, 11) is 0. The Morgan fingerprint density at radius 3 is 2.71 bits per heavy atom. The fraction of sp³-hybridized carbons (Fsp3) is 0.400. The first kappa shape index (κ1) is 13.8. The molecule has 1 aromatic carbocycles. The van der Waals surface area contributed by atoms with Crippen LogP contribution in [-0.4, -0.2) is 38.2 Å². The number of nitrogens with zero attached hydrogens (tertiary/aromatic N) is 3. The molecule has 6 nitrogen and oxygen atoms in total. The van der Waals surface area contributed by atoms with Crippen molar-refractivity contribution in [1.29, 1.82) is 0 Å². The van der Waals surface area contributed by atoms with Crippen molar-refractivity contribution in [3.05, 3.63) is 42.2 Å². The van der Waals surface area contributed by atoms with Crippen LogP contribution in [-0.2, 0) is 0 Å². The van der Waals surface area contributed by atoms with Gasteiger partial charge in [0.1, 0.15) is 0 Å². The monoisotopic (exact) mass is 286 g/mol. The molecule has 0 aliphatic heterocycles. The maximum absolute atomic E-state index is 12.2. The second-order valence-electron chi connectivity index (χ2n) is 5.98. The molecular weight excluding hydrogens is 268 g/mol. The molecule has 110 valence electrons. The number of hydrogen-bond acceptors (Lipinski definition) is 4. The average Bonchev–Trinajstić information content (AvgIpc) is 2.98. The average molecular weight is 286 g/mol. The molecule has 2 aromatic rings.